The molecule has 1 saturated carbocycles. The van der Waals surface area contributed by atoms with Crippen LogP contribution >= 0.6 is 31.9 Å². The van der Waals surface area contributed by atoms with Crippen LogP contribution < -0.4 is 9.47 Å². The maximum absolute atomic E-state index is 5.45. The third kappa shape index (κ3) is 2.63. The number of benzene rings is 1. The quantitative estimate of drug-likeness (QED) is 0.721. The molecular formula is C13H16Br2O2. The van der Waals surface area contributed by atoms with Gasteiger partial charge in [0, 0.05) is 10.4 Å². The summed E-state index contributed by atoms with van der Waals surface area (Å²) in [5, 5.41) is 0. The fourth-order valence-electron chi connectivity index (χ4n) is 2.09. The van der Waals surface area contributed by atoms with Gasteiger partial charge in [-0.2, -0.15) is 0 Å². The van der Waals surface area contributed by atoms with E-state index in [1.807, 2.05) is 6.07 Å². The third-order valence-corrected chi connectivity index (χ3v) is 5.23. The molecule has 1 aromatic rings. The molecule has 4 heteroatoms. The van der Waals surface area contributed by atoms with Crippen molar-refractivity contribution < 1.29 is 9.47 Å². The van der Waals surface area contributed by atoms with Crippen LogP contribution in [-0.2, 0) is 0 Å². The topological polar surface area (TPSA) is 18.5 Å². The summed E-state index contributed by atoms with van der Waals surface area (Å²) in [5.74, 6) is 2.48. The average molecular weight is 364 g/mol. The van der Waals surface area contributed by atoms with Gasteiger partial charge in [0.25, 0.3) is 0 Å². The third-order valence-electron chi connectivity index (χ3n) is 3.36. The molecule has 1 fully saturated rings. The van der Waals surface area contributed by atoms with Gasteiger partial charge < -0.3 is 9.47 Å². The summed E-state index contributed by atoms with van der Waals surface area (Å²) in [4.78, 5) is 0.355. The van der Waals surface area contributed by atoms with Crippen molar-refractivity contribution in [3.63, 3.8) is 0 Å². The molecule has 1 unspecified atom stereocenters. The van der Waals surface area contributed by atoms with Gasteiger partial charge in [-0.3, -0.25) is 0 Å². The number of alkyl halides is 1. The van der Waals surface area contributed by atoms with Gasteiger partial charge in [0.2, 0.25) is 0 Å². The summed E-state index contributed by atoms with van der Waals surface area (Å²) in [6, 6.07) is 4.03. The van der Waals surface area contributed by atoms with Crippen LogP contribution in [0.1, 0.15) is 29.7 Å². The van der Waals surface area contributed by atoms with E-state index in [0.29, 0.717) is 4.83 Å². The van der Waals surface area contributed by atoms with Crippen molar-refractivity contribution in [2.45, 2.75) is 24.1 Å². The zero-order valence-corrected chi connectivity index (χ0v) is 13.2. The number of methoxy groups -OCH3 is 2. The lowest BCUT2D eigenvalue weighted by Gasteiger charge is -2.31. The van der Waals surface area contributed by atoms with Gasteiger partial charge in [0.15, 0.2) is 0 Å². The normalized spacial score (nSPS) is 17.4. The Bertz CT molecular complexity index is 403. The van der Waals surface area contributed by atoms with E-state index in [-0.39, 0.29) is 0 Å². The molecular weight excluding hydrogens is 348 g/mol. The Labute approximate surface area is 119 Å². The first kappa shape index (κ1) is 13.2. The van der Waals surface area contributed by atoms with Gasteiger partial charge in [-0.15, -0.1) is 0 Å². The molecule has 0 spiro atoms. The van der Waals surface area contributed by atoms with Crippen molar-refractivity contribution in [1.82, 2.24) is 0 Å². The van der Waals surface area contributed by atoms with Gasteiger partial charge in [0.1, 0.15) is 11.5 Å². The number of halogens is 2. The molecule has 17 heavy (non-hydrogen) atoms. The molecule has 1 aliphatic rings. The Morgan fingerprint density at radius 1 is 1.18 bits per heavy atom. The predicted molar refractivity (Wildman–Crippen MR) is 76.3 cm³/mol. The smallest absolute Gasteiger partial charge is 0.133 e. The van der Waals surface area contributed by atoms with Crippen LogP contribution in [0, 0.1) is 5.92 Å². The molecule has 1 atom stereocenters. The van der Waals surface area contributed by atoms with Crippen molar-refractivity contribution >= 4 is 31.9 Å². The highest BCUT2D eigenvalue weighted by atomic mass is 79.9. The van der Waals surface area contributed by atoms with E-state index >= 15 is 0 Å². The van der Waals surface area contributed by atoms with E-state index in [2.05, 4.69) is 37.9 Å². The SMILES string of the molecule is COc1cc(C(Br)C2CCC2)c(OC)cc1Br. The molecule has 0 aromatic heterocycles. The first-order chi connectivity index (χ1) is 8.17. The molecule has 1 aliphatic carbocycles. The van der Waals surface area contributed by atoms with Crippen LogP contribution in [0.3, 0.4) is 0 Å². The van der Waals surface area contributed by atoms with E-state index in [1.165, 1.54) is 24.8 Å². The van der Waals surface area contributed by atoms with Crippen molar-refractivity contribution in [2.24, 2.45) is 5.92 Å². The van der Waals surface area contributed by atoms with Gasteiger partial charge in [0.05, 0.1) is 18.7 Å². The minimum Gasteiger partial charge on any atom is -0.496 e. The summed E-state index contributed by atoms with van der Waals surface area (Å²) in [7, 11) is 3.39. The Hall–Kier alpha value is -0.220. The second-order valence-electron chi connectivity index (χ2n) is 4.32. The molecule has 0 bridgehead atoms. The predicted octanol–water partition coefficient (Wildman–Crippen LogP) is 4.70. The standard InChI is InChI=1S/C13H16Br2O2/c1-16-11-7-10(14)12(17-2)6-9(11)13(15)8-4-3-5-8/h6-8,13H,3-5H2,1-2H3. The molecule has 0 N–H and O–H groups in total. The second kappa shape index (κ2) is 5.61. The Balaban J connectivity index is 2.35. The summed E-state index contributed by atoms with van der Waals surface area (Å²) >= 11 is 7.27. The van der Waals surface area contributed by atoms with Crippen LogP contribution in [0.25, 0.3) is 0 Å². The molecule has 0 aliphatic heterocycles. The monoisotopic (exact) mass is 362 g/mol. The number of hydrogen-bond acceptors (Lipinski definition) is 2. The molecule has 94 valence electrons. The minimum atomic E-state index is 0.355. The van der Waals surface area contributed by atoms with Crippen molar-refractivity contribution in [1.29, 1.82) is 0 Å². The van der Waals surface area contributed by atoms with Crippen LogP contribution in [0.5, 0.6) is 11.5 Å². The summed E-state index contributed by atoms with van der Waals surface area (Å²) in [6.45, 7) is 0. The van der Waals surface area contributed by atoms with Crippen LogP contribution in [0.15, 0.2) is 16.6 Å². The first-order valence-corrected chi connectivity index (χ1v) is 7.43. The highest BCUT2D eigenvalue weighted by Gasteiger charge is 2.29. The molecule has 0 heterocycles. The molecule has 0 amide bonds. The average Bonchev–Trinajstić information content (AvgIpc) is 2.26. The van der Waals surface area contributed by atoms with E-state index in [1.54, 1.807) is 14.2 Å². The molecule has 2 nitrogen and oxygen atoms in total. The summed E-state index contributed by atoms with van der Waals surface area (Å²) < 4.78 is 11.7. The largest absolute Gasteiger partial charge is 0.496 e. The van der Waals surface area contributed by atoms with Crippen LogP contribution in [0.4, 0.5) is 0 Å². The highest BCUT2D eigenvalue weighted by molar-refractivity contribution is 9.10. The Kier molecular flexibility index (Phi) is 4.36. The van der Waals surface area contributed by atoms with Gasteiger partial charge in [-0.25, -0.2) is 0 Å². The summed E-state index contributed by atoms with van der Waals surface area (Å²) in [5.41, 5.74) is 1.18. The minimum absolute atomic E-state index is 0.355. The highest BCUT2D eigenvalue weighted by Crippen LogP contribution is 2.47. The molecule has 0 radical (unpaired) electrons. The lowest BCUT2D eigenvalue weighted by atomic mass is 9.80. The number of rotatable bonds is 4. The van der Waals surface area contributed by atoms with Crippen molar-refractivity contribution in [3.8, 4) is 11.5 Å². The van der Waals surface area contributed by atoms with E-state index in [4.69, 9.17) is 9.47 Å². The molecule has 2 rings (SSSR count). The fraction of sp³-hybridized carbons (Fsp3) is 0.538. The summed E-state index contributed by atoms with van der Waals surface area (Å²) in [6.07, 6.45) is 3.91. The van der Waals surface area contributed by atoms with Gasteiger partial charge in [-0.1, -0.05) is 22.4 Å². The number of hydrogen-bond donors (Lipinski definition) is 0. The second-order valence-corrected chi connectivity index (χ2v) is 6.16. The first-order valence-electron chi connectivity index (χ1n) is 5.73. The zero-order chi connectivity index (χ0) is 12.4. The Morgan fingerprint density at radius 2 is 1.82 bits per heavy atom. The molecule has 0 saturated heterocycles. The van der Waals surface area contributed by atoms with Crippen LogP contribution in [-0.4, -0.2) is 14.2 Å². The van der Waals surface area contributed by atoms with Crippen molar-refractivity contribution in [3.05, 3.63) is 22.2 Å². The maximum atomic E-state index is 5.45. The Morgan fingerprint density at radius 3 is 2.29 bits per heavy atom. The number of ether oxygens (including phenoxy) is 2. The van der Waals surface area contributed by atoms with Crippen LogP contribution in [0.2, 0.25) is 0 Å². The van der Waals surface area contributed by atoms with E-state index in [9.17, 15) is 0 Å². The zero-order valence-electron chi connectivity index (χ0n) is 10.0. The van der Waals surface area contributed by atoms with Gasteiger partial charge >= 0.3 is 0 Å². The fourth-order valence-corrected chi connectivity index (χ4v) is 3.46. The maximum Gasteiger partial charge on any atom is 0.133 e. The van der Waals surface area contributed by atoms with Gasteiger partial charge in [-0.05, 0) is 46.8 Å². The van der Waals surface area contributed by atoms with E-state index in [0.717, 1.165) is 21.9 Å². The molecule has 1 aromatic carbocycles. The lowest BCUT2D eigenvalue weighted by molar-refractivity contribution is 0.306. The van der Waals surface area contributed by atoms with E-state index < -0.39 is 0 Å². The lowest BCUT2D eigenvalue weighted by Crippen LogP contribution is -2.16. The van der Waals surface area contributed by atoms with Crippen molar-refractivity contribution in [2.75, 3.05) is 14.2 Å².